The predicted molar refractivity (Wildman–Crippen MR) is 167 cm³/mol. The molecule has 0 fully saturated rings. The molecular weight excluding hydrogens is 617 g/mol. The van der Waals surface area contributed by atoms with Crippen molar-refractivity contribution in [2.45, 2.75) is 23.9 Å². The standard InChI is InChI=1S/C31H28Cl3N3O4S/c1-35-31(39)29(17-22-9-4-2-5-10-22)36(20-23-15-16-25(33)19-28(23)34)30(38)21-37(26-12-8-11-24(32)18-26)42(40,41)27-13-6-3-7-14-27/h2-16,18-19,29H,17,20-21H2,1H3,(H,35,39). The van der Waals surface area contributed by atoms with E-state index >= 15 is 0 Å². The molecule has 1 unspecified atom stereocenters. The monoisotopic (exact) mass is 643 g/mol. The van der Waals surface area contributed by atoms with Gasteiger partial charge in [0.15, 0.2) is 0 Å². The molecule has 0 saturated carbocycles. The van der Waals surface area contributed by atoms with E-state index in [4.69, 9.17) is 34.8 Å². The maximum atomic E-state index is 14.3. The van der Waals surface area contributed by atoms with Crippen molar-refractivity contribution in [3.63, 3.8) is 0 Å². The van der Waals surface area contributed by atoms with Gasteiger partial charge in [-0.2, -0.15) is 0 Å². The number of nitrogens with zero attached hydrogens (tertiary/aromatic N) is 2. The second-order valence-corrected chi connectivity index (χ2v) is 12.5. The molecule has 7 nitrogen and oxygen atoms in total. The van der Waals surface area contributed by atoms with Crippen LogP contribution in [-0.2, 0) is 32.6 Å². The molecule has 11 heteroatoms. The quantitative estimate of drug-likeness (QED) is 0.210. The molecule has 218 valence electrons. The van der Waals surface area contributed by atoms with Gasteiger partial charge in [0.2, 0.25) is 11.8 Å². The zero-order valence-corrected chi connectivity index (χ0v) is 25.7. The van der Waals surface area contributed by atoms with Gasteiger partial charge in [0, 0.05) is 35.1 Å². The summed E-state index contributed by atoms with van der Waals surface area (Å²) in [6.45, 7) is -0.681. The van der Waals surface area contributed by atoms with E-state index in [0.29, 0.717) is 20.6 Å². The summed E-state index contributed by atoms with van der Waals surface area (Å²) in [6.07, 6.45) is 0.181. The van der Waals surface area contributed by atoms with Crippen molar-refractivity contribution < 1.29 is 18.0 Å². The molecule has 4 aromatic rings. The van der Waals surface area contributed by atoms with E-state index < -0.39 is 34.4 Å². The summed E-state index contributed by atoms with van der Waals surface area (Å²) < 4.78 is 28.8. The lowest BCUT2D eigenvalue weighted by Gasteiger charge is -2.33. The van der Waals surface area contributed by atoms with Crippen molar-refractivity contribution in [2.24, 2.45) is 0 Å². The van der Waals surface area contributed by atoms with Crippen LogP contribution in [0.1, 0.15) is 11.1 Å². The SMILES string of the molecule is CNC(=O)C(Cc1ccccc1)N(Cc1ccc(Cl)cc1Cl)C(=O)CN(c1cccc(Cl)c1)S(=O)(=O)c1ccccc1. The number of benzene rings is 4. The lowest BCUT2D eigenvalue weighted by molar-refractivity contribution is -0.139. The largest absolute Gasteiger partial charge is 0.357 e. The van der Waals surface area contributed by atoms with Crippen molar-refractivity contribution >= 4 is 62.3 Å². The summed E-state index contributed by atoms with van der Waals surface area (Å²) in [5.74, 6) is -1.04. The smallest absolute Gasteiger partial charge is 0.264 e. The zero-order chi connectivity index (χ0) is 30.3. The maximum absolute atomic E-state index is 14.3. The Labute approximate surface area is 260 Å². The highest BCUT2D eigenvalue weighted by Gasteiger charge is 2.34. The highest BCUT2D eigenvalue weighted by molar-refractivity contribution is 7.92. The minimum absolute atomic E-state index is 0.00259. The molecular formula is C31H28Cl3N3O4S. The third kappa shape index (κ3) is 7.63. The van der Waals surface area contributed by atoms with Gasteiger partial charge in [-0.15, -0.1) is 0 Å². The van der Waals surface area contributed by atoms with Crippen molar-refractivity contribution in [1.82, 2.24) is 10.2 Å². The first-order valence-electron chi connectivity index (χ1n) is 12.9. The van der Waals surface area contributed by atoms with Crippen molar-refractivity contribution in [2.75, 3.05) is 17.9 Å². The molecule has 42 heavy (non-hydrogen) atoms. The van der Waals surface area contributed by atoms with Crippen LogP contribution in [0.4, 0.5) is 5.69 Å². The van der Waals surface area contributed by atoms with E-state index in [1.807, 2.05) is 30.3 Å². The molecule has 0 saturated heterocycles. The van der Waals surface area contributed by atoms with E-state index in [-0.39, 0.29) is 23.5 Å². The number of amides is 2. The fourth-order valence-electron chi connectivity index (χ4n) is 4.43. The van der Waals surface area contributed by atoms with Gasteiger partial charge in [-0.25, -0.2) is 8.42 Å². The number of hydrogen-bond acceptors (Lipinski definition) is 4. The fraction of sp³-hybridized carbons (Fsp3) is 0.161. The second kappa shape index (κ2) is 14.1. The average molecular weight is 645 g/mol. The van der Waals surface area contributed by atoms with Gasteiger partial charge < -0.3 is 10.2 Å². The molecule has 0 aliphatic carbocycles. The lowest BCUT2D eigenvalue weighted by atomic mass is 10.0. The van der Waals surface area contributed by atoms with Gasteiger partial charge in [0.1, 0.15) is 12.6 Å². The first-order chi connectivity index (χ1) is 20.1. The summed E-state index contributed by atoms with van der Waals surface area (Å²) >= 11 is 18.8. The molecule has 0 aromatic heterocycles. The van der Waals surface area contributed by atoms with Crippen LogP contribution in [0.15, 0.2) is 108 Å². The molecule has 1 atom stereocenters. The number of rotatable bonds is 11. The Morgan fingerprint density at radius 2 is 1.45 bits per heavy atom. The third-order valence-electron chi connectivity index (χ3n) is 6.58. The second-order valence-electron chi connectivity index (χ2n) is 9.38. The van der Waals surface area contributed by atoms with Gasteiger partial charge >= 0.3 is 0 Å². The normalized spacial score (nSPS) is 11.9. The molecule has 0 spiro atoms. The lowest BCUT2D eigenvalue weighted by Crippen LogP contribution is -2.53. The minimum Gasteiger partial charge on any atom is -0.357 e. The Balaban J connectivity index is 1.80. The summed E-state index contributed by atoms with van der Waals surface area (Å²) in [5.41, 5.74) is 1.55. The molecule has 4 aromatic carbocycles. The first-order valence-corrected chi connectivity index (χ1v) is 15.5. The number of carbonyl (C=O) groups excluding carboxylic acids is 2. The van der Waals surface area contributed by atoms with Gasteiger partial charge in [0.05, 0.1) is 10.6 Å². The van der Waals surface area contributed by atoms with Crippen LogP contribution >= 0.6 is 34.8 Å². The van der Waals surface area contributed by atoms with Crippen LogP contribution in [0, 0.1) is 0 Å². The van der Waals surface area contributed by atoms with Gasteiger partial charge in [-0.05, 0) is 53.6 Å². The topological polar surface area (TPSA) is 86.8 Å². The molecule has 2 amide bonds. The van der Waals surface area contributed by atoms with Crippen LogP contribution in [0.2, 0.25) is 15.1 Å². The molecule has 1 N–H and O–H groups in total. The molecule has 0 aliphatic heterocycles. The minimum atomic E-state index is -4.21. The zero-order valence-electron chi connectivity index (χ0n) is 22.6. The Morgan fingerprint density at radius 1 is 0.810 bits per heavy atom. The van der Waals surface area contributed by atoms with E-state index in [9.17, 15) is 18.0 Å². The Kier molecular flexibility index (Phi) is 10.5. The molecule has 0 aliphatic rings. The average Bonchev–Trinajstić information content (AvgIpc) is 2.99. The number of halogens is 3. The Hall–Kier alpha value is -3.56. The summed E-state index contributed by atoms with van der Waals surface area (Å²) in [5, 5.41) is 3.66. The van der Waals surface area contributed by atoms with Crippen LogP contribution < -0.4 is 9.62 Å². The summed E-state index contributed by atoms with van der Waals surface area (Å²) in [7, 11) is -2.73. The van der Waals surface area contributed by atoms with E-state index in [2.05, 4.69) is 5.32 Å². The fourth-order valence-corrected chi connectivity index (χ4v) is 6.51. The van der Waals surface area contributed by atoms with Crippen molar-refractivity contribution in [3.8, 4) is 0 Å². The first kappa shape index (κ1) is 31.4. The molecule has 4 rings (SSSR count). The van der Waals surface area contributed by atoms with Crippen LogP contribution in [-0.4, -0.2) is 44.8 Å². The van der Waals surface area contributed by atoms with E-state index in [1.54, 1.807) is 54.6 Å². The van der Waals surface area contributed by atoms with Crippen LogP contribution in [0.5, 0.6) is 0 Å². The number of nitrogens with one attached hydrogen (secondary N) is 1. The number of carbonyl (C=O) groups is 2. The van der Waals surface area contributed by atoms with Crippen LogP contribution in [0.25, 0.3) is 0 Å². The molecule has 0 bridgehead atoms. The molecule has 0 heterocycles. The number of sulfonamides is 1. The van der Waals surface area contributed by atoms with E-state index in [0.717, 1.165) is 9.87 Å². The van der Waals surface area contributed by atoms with Crippen molar-refractivity contribution in [1.29, 1.82) is 0 Å². The summed E-state index contributed by atoms with van der Waals surface area (Å²) in [6, 6.07) is 27.1. The summed E-state index contributed by atoms with van der Waals surface area (Å²) in [4.78, 5) is 28.9. The maximum Gasteiger partial charge on any atom is 0.264 e. The number of likely N-dealkylation sites (N-methyl/N-ethyl adjacent to an activating group) is 1. The highest BCUT2D eigenvalue weighted by atomic mass is 35.5. The number of anilines is 1. The third-order valence-corrected chi connectivity index (χ3v) is 9.19. The molecule has 0 radical (unpaired) electrons. The van der Waals surface area contributed by atoms with Gasteiger partial charge in [-0.1, -0.05) is 95.5 Å². The highest BCUT2D eigenvalue weighted by Crippen LogP contribution is 2.28. The van der Waals surface area contributed by atoms with Gasteiger partial charge in [-0.3, -0.25) is 13.9 Å². The predicted octanol–water partition coefficient (Wildman–Crippen LogP) is 6.23. The van der Waals surface area contributed by atoms with Crippen molar-refractivity contribution in [3.05, 3.63) is 129 Å². The van der Waals surface area contributed by atoms with Gasteiger partial charge in [0.25, 0.3) is 10.0 Å². The Bertz CT molecular complexity index is 1650. The number of hydrogen-bond donors (Lipinski definition) is 1. The van der Waals surface area contributed by atoms with Crippen LogP contribution in [0.3, 0.4) is 0 Å². The van der Waals surface area contributed by atoms with E-state index in [1.165, 1.54) is 30.1 Å². The Morgan fingerprint density at radius 3 is 2.07 bits per heavy atom.